The van der Waals surface area contributed by atoms with Crippen LogP contribution in [0.15, 0.2) is 29.4 Å². The first-order chi connectivity index (χ1) is 13.5. The van der Waals surface area contributed by atoms with Gasteiger partial charge in [-0.1, -0.05) is 17.8 Å². The molecule has 1 aromatic carbocycles. The van der Waals surface area contributed by atoms with Gasteiger partial charge in [0, 0.05) is 31.7 Å². The standard InChI is InChI=1S/C17H24N4O2S.C2H4O2/c1-21-16(13-6-8-18-9-7-13)19-20-17(21)24-11-10-23-15-5-3-4-14(12-15)22-2;1-2(3)4/h3-5,12-13,18H,6-11H2,1-2H3;1H3,(H,3,4). The summed E-state index contributed by atoms with van der Waals surface area (Å²) >= 11 is 1.68. The van der Waals surface area contributed by atoms with Crippen molar-refractivity contribution in [1.82, 2.24) is 20.1 Å². The Labute approximate surface area is 169 Å². The first kappa shape index (κ1) is 22.0. The average Bonchev–Trinajstić information content (AvgIpc) is 3.06. The summed E-state index contributed by atoms with van der Waals surface area (Å²) in [5.74, 6) is 3.25. The number of methoxy groups -OCH3 is 1. The molecule has 3 rings (SSSR count). The number of piperidine rings is 1. The highest BCUT2D eigenvalue weighted by molar-refractivity contribution is 7.99. The maximum absolute atomic E-state index is 9.00. The molecule has 0 unspecified atom stereocenters. The van der Waals surface area contributed by atoms with Crippen molar-refractivity contribution in [3.8, 4) is 11.5 Å². The Kier molecular flexibility index (Phi) is 9.09. The molecule has 0 saturated carbocycles. The molecule has 0 radical (unpaired) electrons. The third-order valence-corrected chi connectivity index (χ3v) is 5.18. The molecule has 9 heteroatoms. The molecule has 0 bridgehead atoms. The zero-order chi connectivity index (χ0) is 20.4. The Bertz CT molecular complexity index is 743. The Hall–Kier alpha value is -2.26. The van der Waals surface area contributed by atoms with Crippen LogP contribution in [-0.2, 0) is 11.8 Å². The summed E-state index contributed by atoms with van der Waals surface area (Å²) in [6.07, 6.45) is 2.27. The van der Waals surface area contributed by atoms with Crippen molar-refractivity contribution in [2.45, 2.75) is 30.8 Å². The largest absolute Gasteiger partial charge is 0.497 e. The van der Waals surface area contributed by atoms with Crippen LogP contribution in [0.3, 0.4) is 0 Å². The van der Waals surface area contributed by atoms with Gasteiger partial charge in [-0.25, -0.2) is 0 Å². The molecule has 1 fully saturated rings. The van der Waals surface area contributed by atoms with Crippen molar-refractivity contribution in [1.29, 1.82) is 0 Å². The van der Waals surface area contributed by atoms with E-state index in [-0.39, 0.29) is 0 Å². The molecular formula is C19H28N4O4S. The number of aromatic nitrogens is 3. The van der Waals surface area contributed by atoms with E-state index in [0.29, 0.717) is 12.5 Å². The lowest BCUT2D eigenvalue weighted by Gasteiger charge is -2.21. The minimum absolute atomic E-state index is 0.520. The van der Waals surface area contributed by atoms with Crippen LogP contribution in [0.1, 0.15) is 31.5 Å². The van der Waals surface area contributed by atoms with E-state index in [2.05, 4.69) is 27.1 Å². The molecule has 8 nitrogen and oxygen atoms in total. The van der Waals surface area contributed by atoms with Gasteiger partial charge in [-0.05, 0) is 38.1 Å². The van der Waals surface area contributed by atoms with Crippen LogP contribution >= 0.6 is 11.8 Å². The van der Waals surface area contributed by atoms with Gasteiger partial charge in [0.2, 0.25) is 0 Å². The van der Waals surface area contributed by atoms with Crippen molar-refractivity contribution in [3.05, 3.63) is 30.1 Å². The van der Waals surface area contributed by atoms with E-state index in [1.165, 1.54) is 0 Å². The molecule has 2 N–H and O–H groups in total. The van der Waals surface area contributed by atoms with Crippen LogP contribution < -0.4 is 14.8 Å². The van der Waals surface area contributed by atoms with Crippen molar-refractivity contribution in [2.75, 3.05) is 32.6 Å². The van der Waals surface area contributed by atoms with Gasteiger partial charge in [0.15, 0.2) is 5.16 Å². The number of nitrogens with zero attached hydrogens (tertiary/aromatic N) is 3. The van der Waals surface area contributed by atoms with Crippen LogP contribution in [-0.4, -0.2) is 58.4 Å². The fourth-order valence-corrected chi connectivity index (χ4v) is 3.61. The molecule has 28 heavy (non-hydrogen) atoms. The second-order valence-electron chi connectivity index (χ2n) is 6.32. The van der Waals surface area contributed by atoms with Gasteiger partial charge in [-0.2, -0.15) is 0 Å². The predicted octanol–water partition coefficient (Wildman–Crippen LogP) is 2.55. The van der Waals surface area contributed by atoms with Crippen LogP contribution in [0.4, 0.5) is 0 Å². The minimum atomic E-state index is -0.833. The molecular weight excluding hydrogens is 380 g/mol. The topological polar surface area (TPSA) is 98.5 Å². The number of ether oxygens (including phenoxy) is 2. The van der Waals surface area contributed by atoms with Gasteiger partial charge < -0.3 is 24.5 Å². The number of nitrogens with one attached hydrogen (secondary N) is 1. The lowest BCUT2D eigenvalue weighted by molar-refractivity contribution is -0.134. The summed E-state index contributed by atoms with van der Waals surface area (Å²) in [5, 5.41) is 20.5. The normalized spacial score (nSPS) is 14.1. The van der Waals surface area contributed by atoms with Crippen molar-refractivity contribution in [3.63, 3.8) is 0 Å². The molecule has 0 aliphatic carbocycles. The summed E-state index contributed by atoms with van der Waals surface area (Å²) in [6.45, 7) is 3.83. The maximum Gasteiger partial charge on any atom is 0.300 e. The number of carbonyl (C=O) groups is 1. The Balaban J connectivity index is 0.000000640. The molecule has 1 saturated heterocycles. The number of benzene rings is 1. The van der Waals surface area contributed by atoms with Gasteiger partial charge in [0.25, 0.3) is 5.97 Å². The average molecular weight is 409 g/mol. The highest BCUT2D eigenvalue weighted by atomic mass is 32.2. The van der Waals surface area contributed by atoms with E-state index in [1.54, 1.807) is 18.9 Å². The summed E-state index contributed by atoms with van der Waals surface area (Å²) in [5.41, 5.74) is 0. The molecule has 0 atom stereocenters. The zero-order valence-electron chi connectivity index (χ0n) is 16.6. The number of hydrogen-bond donors (Lipinski definition) is 2. The van der Waals surface area contributed by atoms with E-state index in [4.69, 9.17) is 19.4 Å². The lowest BCUT2D eigenvalue weighted by atomic mass is 9.97. The maximum atomic E-state index is 9.00. The van der Waals surface area contributed by atoms with Crippen molar-refractivity contribution >= 4 is 17.7 Å². The van der Waals surface area contributed by atoms with E-state index in [0.717, 1.165) is 61.1 Å². The number of thioether (sulfide) groups is 1. The number of rotatable bonds is 7. The van der Waals surface area contributed by atoms with Crippen LogP contribution in [0.25, 0.3) is 0 Å². The van der Waals surface area contributed by atoms with E-state index in [9.17, 15) is 0 Å². The van der Waals surface area contributed by atoms with Gasteiger partial charge >= 0.3 is 0 Å². The van der Waals surface area contributed by atoms with Gasteiger partial charge in [0.1, 0.15) is 17.3 Å². The van der Waals surface area contributed by atoms with Crippen molar-refractivity contribution < 1.29 is 19.4 Å². The van der Waals surface area contributed by atoms with Gasteiger partial charge in [-0.15, -0.1) is 10.2 Å². The minimum Gasteiger partial charge on any atom is -0.497 e. The Morgan fingerprint density at radius 2 is 2.00 bits per heavy atom. The van der Waals surface area contributed by atoms with Crippen molar-refractivity contribution in [2.24, 2.45) is 7.05 Å². The van der Waals surface area contributed by atoms with Gasteiger partial charge in [-0.3, -0.25) is 4.79 Å². The molecule has 1 aromatic heterocycles. The second kappa shape index (κ2) is 11.6. The quantitative estimate of drug-likeness (QED) is 0.533. The molecule has 0 spiro atoms. The number of carboxylic acid groups (broad SMARTS) is 1. The Morgan fingerprint density at radius 3 is 2.68 bits per heavy atom. The van der Waals surface area contributed by atoms with E-state index in [1.807, 2.05) is 24.3 Å². The van der Waals surface area contributed by atoms with Crippen LogP contribution in [0.2, 0.25) is 0 Å². The molecule has 1 aliphatic heterocycles. The van der Waals surface area contributed by atoms with E-state index >= 15 is 0 Å². The molecule has 154 valence electrons. The van der Waals surface area contributed by atoms with Crippen LogP contribution in [0.5, 0.6) is 11.5 Å². The number of hydrogen-bond acceptors (Lipinski definition) is 7. The summed E-state index contributed by atoms with van der Waals surface area (Å²) in [6, 6.07) is 7.66. The van der Waals surface area contributed by atoms with Crippen LogP contribution in [0, 0.1) is 0 Å². The lowest BCUT2D eigenvalue weighted by Crippen LogP contribution is -2.27. The smallest absolute Gasteiger partial charge is 0.300 e. The summed E-state index contributed by atoms with van der Waals surface area (Å²) in [7, 11) is 3.71. The van der Waals surface area contributed by atoms with E-state index < -0.39 is 5.97 Å². The number of aliphatic carboxylic acids is 1. The molecule has 2 heterocycles. The third kappa shape index (κ3) is 7.05. The SMILES string of the molecule is CC(=O)O.COc1cccc(OCCSc2nnc(C3CCNCC3)n2C)c1. The summed E-state index contributed by atoms with van der Waals surface area (Å²) < 4.78 is 13.1. The highest BCUT2D eigenvalue weighted by Gasteiger charge is 2.21. The summed E-state index contributed by atoms with van der Waals surface area (Å²) in [4.78, 5) is 9.00. The fraction of sp³-hybridized carbons (Fsp3) is 0.526. The molecule has 0 amide bonds. The van der Waals surface area contributed by atoms with Gasteiger partial charge in [0.05, 0.1) is 13.7 Å². The zero-order valence-corrected chi connectivity index (χ0v) is 17.4. The first-order valence-electron chi connectivity index (χ1n) is 9.20. The monoisotopic (exact) mass is 408 g/mol. The predicted molar refractivity (Wildman–Crippen MR) is 108 cm³/mol. The fourth-order valence-electron chi connectivity index (χ4n) is 2.87. The first-order valence-corrected chi connectivity index (χ1v) is 10.2. The molecule has 1 aliphatic rings. The third-order valence-electron chi connectivity index (χ3n) is 4.20. The second-order valence-corrected chi connectivity index (χ2v) is 7.38. The number of carboxylic acids is 1. The molecule has 2 aromatic rings. The Morgan fingerprint density at radius 1 is 1.32 bits per heavy atom. The highest BCUT2D eigenvalue weighted by Crippen LogP contribution is 2.26.